The van der Waals surface area contributed by atoms with Crippen molar-refractivity contribution in [2.45, 2.75) is 13.5 Å². The van der Waals surface area contributed by atoms with Gasteiger partial charge >= 0.3 is 0 Å². The van der Waals surface area contributed by atoms with E-state index in [9.17, 15) is 14.4 Å². The van der Waals surface area contributed by atoms with Gasteiger partial charge in [0.25, 0.3) is 17.7 Å². The topological polar surface area (TPSA) is 79.4 Å². The van der Waals surface area contributed by atoms with E-state index in [4.69, 9.17) is 0 Å². The van der Waals surface area contributed by atoms with Gasteiger partial charge in [-0.3, -0.25) is 24.3 Å². The van der Waals surface area contributed by atoms with E-state index >= 15 is 0 Å². The number of carbonyl (C=O) groups is 3. The summed E-state index contributed by atoms with van der Waals surface area (Å²) >= 11 is 0. The van der Waals surface area contributed by atoms with Gasteiger partial charge in [0.15, 0.2) is 0 Å². The first-order valence-corrected chi connectivity index (χ1v) is 8.82. The quantitative estimate of drug-likeness (QED) is 0.713. The van der Waals surface area contributed by atoms with Gasteiger partial charge in [0.05, 0.1) is 17.7 Å². The lowest BCUT2D eigenvalue weighted by Crippen LogP contribution is -2.29. The van der Waals surface area contributed by atoms with Crippen LogP contribution in [0.25, 0.3) is 0 Å². The van der Waals surface area contributed by atoms with Crippen LogP contribution < -0.4 is 5.32 Å². The first-order valence-electron chi connectivity index (χ1n) is 8.82. The van der Waals surface area contributed by atoms with Crippen LogP contribution in [0.3, 0.4) is 0 Å². The summed E-state index contributed by atoms with van der Waals surface area (Å²) in [4.78, 5) is 43.1. The average Bonchev–Trinajstić information content (AvgIpc) is 2.94. The molecule has 1 aliphatic rings. The number of anilines is 1. The molecule has 0 radical (unpaired) electrons. The zero-order chi connectivity index (χ0) is 19.7. The van der Waals surface area contributed by atoms with Crippen molar-refractivity contribution in [3.8, 4) is 0 Å². The van der Waals surface area contributed by atoms with E-state index in [1.165, 1.54) is 4.90 Å². The smallest absolute Gasteiger partial charge is 0.274 e. The van der Waals surface area contributed by atoms with Crippen LogP contribution in [0, 0.1) is 6.92 Å². The Balaban J connectivity index is 1.59. The molecule has 2 heterocycles. The Bertz CT molecular complexity index is 1090. The molecular formula is C22H17N3O3. The fourth-order valence-corrected chi connectivity index (χ4v) is 3.18. The molecule has 4 rings (SSSR count). The number of hydrogen-bond donors (Lipinski definition) is 1. The molecule has 138 valence electrons. The maximum atomic E-state index is 12.7. The van der Waals surface area contributed by atoms with Crippen LogP contribution in [0.4, 0.5) is 5.69 Å². The van der Waals surface area contributed by atoms with Crippen molar-refractivity contribution in [1.29, 1.82) is 0 Å². The molecule has 2 aromatic carbocycles. The summed E-state index contributed by atoms with van der Waals surface area (Å²) in [6.07, 6.45) is 1.54. The Morgan fingerprint density at radius 1 is 0.964 bits per heavy atom. The lowest BCUT2D eigenvalue weighted by molar-refractivity contribution is 0.0642. The molecule has 0 saturated carbocycles. The van der Waals surface area contributed by atoms with E-state index in [1.54, 1.807) is 60.8 Å². The summed E-state index contributed by atoms with van der Waals surface area (Å²) in [5.41, 5.74) is 3.23. The maximum absolute atomic E-state index is 12.7. The number of pyridine rings is 1. The molecule has 0 saturated heterocycles. The minimum Gasteiger partial charge on any atom is -0.320 e. The molecule has 0 spiro atoms. The van der Waals surface area contributed by atoms with Gasteiger partial charge in [0.1, 0.15) is 5.69 Å². The number of benzene rings is 2. The molecule has 3 amide bonds. The van der Waals surface area contributed by atoms with Crippen molar-refractivity contribution in [2.24, 2.45) is 0 Å². The number of rotatable bonds is 4. The van der Waals surface area contributed by atoms with Crippen LogP contribution in [0.15, 0.2) is 66.9 Å². The number of imide groups is 1. The third-order valence-corrected chi connectivity index (χ3v) is 4.62. The van der Waals surface area contributed by atoms with E-state index in [-0.39, 0.29) is 30.0 Å². The molecule has 1 N–H and O–H groups in total. The van der Waals surface area contributed by atoms with Crippen LogP contribution in [0.1, 0.15) is 42.3 Å². The number of nitrogens with zero attached hydrogens (tertiary/aromatic N) is 2. The molecule has 6 heteroatoms. The van der Waals surface area contributed by atoms with E-state index in [2.05, 4.69) is 10.3 Å². The molecule has 3 aromatic rings. The van der Waals surface area contributed by atoms with Crippen molar-refractivity contribution < 1.29 is 14.4 Å². The van der Waals surface area contributed by atoms with Crippen molar-refractivity contribution in [3.63, 3.8) is 0 Å². The molecule has 28 heavy (non-hydrogen) atoms. The number of amides is 3. The second kappa shape index (κ2) is 7.08. The normalized spacial score (nSPS) is 12.8. The molecule has 0 unspecified atom stereocenters. The molecular weight excluding hydrogens is 354 g/mol. The van der Waals surface area contributed by atoms with E-state index < -0.39 is 0 Å². The van der Waals surface area contributed by atoms with Gasteiger partial charge in [-0.2, -0.15) is 0 Å². The number of aryl methyl sites for hydroxylation is 1. The number of para-hydroxylation sites is 1. The fourth-order valence-electron chi connectivity index (χ4n) is 3.18. The summed E-state index contributed by atoms with van der Waals surface area (Å²) in [6.45, 7) is 1.95. The van der Waals surface area contributed by atoms with Crippen molar-refractivity contribution in [1.82, 2.24) is 9.88 Å². The van der Waals surface area contributed by atoms with Gasteiger partial charge in [-0.05, 0) is 42.8 Å². The minimum atomic E-state index is -0.356. The van der Waals surface area contributed by atoms with E-state index in [0.717, 1.165) is 5.56 Å². The van der Waals surface area contributed by atoms with Crippen molar-refractivity contribution >= 4 is 23.4 Å². The highest BCUT2D eigenvalue weighted by Crippen LogP contribution is 2.27. The fraction of sp³-hybridized carbons (Fsp3) is 0.0909. The summed E-state index contributed by atoms with van der Waals surface area (Å²) < 4.78 is 0. The molecule has 0 aliphatic carbocycles. The predicted molar refractivity (Wildman–Crippen MR) is 104 cm³/mol. The van der Waals surface area contributed by atoms with Gasteiger partial charge < -0.3 is 5.32 Å². The standard InChI is InChI=1S/C22H17N3O3/c1-14-9-10-16-17(12-14)22(28)25(21(16)27)13-15-6-2-3-7-18(15)24-20(26)19-8-4-5-11-23-19/h2-12H,13H2,1H3,(H,24,26). The summed E-state index contributed by atoms with van der Waals surface area (Å²) in [6, 6.07) is 17.4. The van der Waals surface area contributed by atoms with E-state index in [0.29, 0.717) is 22.4 Å². The largest absolute Gasteiger partial charge is 0.320 e. The monoisotopic (exact) mass is 371 g/mol. The lowest BCUT2D eigenvalue weighted by Gasteiger charge is -2.17. The highest BCUT2D eigenvalue weighted by molar-refractivity contribution is 6.21. The SMILES string of the molecule is Cc1ccc2c(c1)C(=O)N(Cc1ccccc1NC(=O)c1ccccn1)C2=O. The molecule has 0 bridgehead atoms. The molecule has 6 nitrogen and oxygen atoms in total. The van der Waals surface area contributed by atoms with Gasteiger partial charge in [-0.15, -0.1) is 0 Å². The molecule has 1 aliphatic heterocycles. The Morgan fingerprint density at radius 2 is 1.71 bits per heavy atom. The van der Waals surface area contributed by atoms with E-state index in [1.807, 2.05) is 13.0 Å². The number of hydrogen-bond acceptors (Lipinski definition) is 4. The second-order valence-electron chi connectivity index (χ2n) is 6.57. The van der Waals surface area contributed by atoms with Crippen molar-refractivity contribution in [3.05, 3.63) is 94.8 Å². The first kappa shape index (κ1) is 17.6. The van der Waals surface area contributed by atoms with Crippen LogP contribution in [0.5, 0.6) is 0 Å². The average molecular weight is 371 g/mol. The Hall–Kier alpha value is -3.80. The lowest BCUT2D eigenvalue weighted by atomic mass is 10.1. The number of carbonyl (C=O) groups excluding carboxylic acids is 3. The Kier molecular flexibility index (Phi) is 4.45. The third kappa shape index (κ3) is 3.16. The minimum absolute atomic E-state index is 0.0735. The predicted octanol–water partition coefficient (Wildman–Crippen LogP) is 3.44. The maximum Gasteiger partial charge on any atom is 0.274 e. The Labute approximate surface area is 161 Å². The van der Waals surface area contributed by atoms with Gasteiger partial charge in [0, 0.05) is 11.9 Å². The van der Waals surface area contributed by atoms with Crippen LogP contribution in [-0.2, 0) is 6.54 Å². The number of fused-ring (bicyclic) bond motifs is 1. The zero-order valence-electron chi connectivity index (χ0n) is 15.2. The third-order valence-electron chi connectivity index (χ3n) is 4.62. The Morgan fingerprint density at radius 3 is 2.50 bits per heavy atom. The molecule has 0 atom stereocenters. The van der Waals surface area contributed by atoms with Crippen LogP contribution in [-0.4, -0.2) is 27.6 Å². The number of nitrogens with one attached hydrogen (secondary N) is 1. The first-order chi connectivity index (χ1) is 13.5. The zero-order valence-corrected chi connectivity index (χ0v) is 15.2. The molecule has 1 aromatic heterocycles. The number of aromatic nitrogens is 1. The second-order valence-corrected chi connectivity index (χ2v) is 6.57. The van der Waals surface area contributed by atoms with Crippen LogP contribution in [0.2, 0.25) is 0 Å². The summed E-state index contributed by atoms with van der Waals surface area (Å²) in [5, 5.41) is 2.81. The summed E-state index contributed by atoms with van der Waals surface area (Å²) in [7, 11) is 0. The summed E-state index contributed by atoms with van der Waals surface area (Å²) in [5.74, 6) is -1.01. The van der Waals surface area contributed by atoms with Gasteiger partial charge in [-0.25, -0.2) is 0 Å². The highest BCUT2D eigenvalue weighted by atomic mass is 16.2. The van der Waals surface area contributed by atoms with Crippen molar-refractivity contribution in [2.75, 3.05) is 5.32 Å². The van der Waals surface area contributed by atoms with Gasteiger partial charge in [-0.1, -0.05) is 35.9 Å². The van der Waals surface area contributed by atoms with Gasteiger partial charge in [0.2, 0.25) is 0 Å². The molecule has 0 fully saturated rings. The van der Waals surface area contributed by atoms with Crippen LogP contribution >= 0.6 is 0 Å². The highest BCUT2D eigenvalue weighted by Gasteiger charge is 2.35.